The van der Waals surface area contributed by atoms with Crippen LogP contribution in [-0.2, 0) is 6.54 Å². The summed E-state index contributed by atoms with van der Waals surface area (Å²) >= 11 is 0. The zero-order valence-electron chi connectivity index (χ0n) is 14.7. The monoisotopic (exact) mass is 346 g/mol. The van der Waals surface area contributed by atoms with E-state index in [0.717, 1.165) is 11.3 Å². The number of para-hydroxylation sites is 1. The van der Waals surface area contributed by atoms with Gasteiger partial charge in [0.1, 0.15) is 11.5 Å². The Morgan fingerprint density at radius 1 is 0.962 bits per heavy atom. The number of hydrogen-bond acceptors (Lipinski definition) is 4. The van der Waals surface area contributed by atoms with Crippen molar-refractivity contribution in [2.45, 2.75) is 13.5 Å². The normalized spacial score (nSPS) is 10.8. The van der Waals surface area contributed by atoms with Gasteiger partial charge in [0.05, 0.1) is 25.1 Å². The van der Waals surface area contributed by atoms with E-state index in [1.807, 2.05) is 66.5 Å². The summed E-state index contributed by atoms with van der Waals surface area (Å²) in [6.45, 7) is 3.11. The molecule has 3 rings (SSSR count). The van der Waals surface area contributed by atoms with Crippen molar-refractivity contribution in [2.75, 3.05) is 11.6 Å². The van der Waals surface area contributed by atoms with Crippen molar-refractivity contribution in [2.24, 2.45) is 5.10 Å². The first-order valence-corrected chi connectivity index (χ1v) is 8.62. The van der Waals surface area contributed by atoms with Crippen molar-refractivity contribution < 1.29 is 9.84 Å². The summed E-state index contributed by atoms with van der Waals surface area (Å²) in [4.78, 5) is 0. The Morgan fingerprint density at radius 2 is 1.65 bits per heavy atom. The number of hydrogen-bond donors (Lipinski definition) is 1. The van der Waals surface area contributed by atoms with E-state index < -0.39 is 0 Å². The van der Waals surface area contributed by atoms with Gasteiger partial charge in [-0.2, -0.15) is 5.10 Å². The third-order valence-electron chi connectivity index (χ3n) is 3.88. The number of anilines is 1. The molecule has 0 radical (unpaired) electrons. The van der Waals surface area contributed by atoms with Gasteiger partial charge in [-0.3, -0.25) is 5.01 Å². The molecule has 0 unspecified atom stereocenters. The lowest BCUT2D eigenvalue weighted by molar-refractivity contribution is 0.337. The molecule has 0 fully saturated rings. The summed E-state index contributed by atoms with van der Waals surface area (Å²) in [6.07, 6.45) is 1.67. The largest absolute Gasteiger partial charge is 0.507 e. The molecule has 3 aromatic rings. The first-order chi connectivity index (χ1) is 12.8. The Bertz CT molecular complexity index is 849. The number of phenolic OH excluding ortho intramolecular Hbond substituents is 1. The van der Waals surface area contributed by atoms with Gasteiger partial charge >= 0.3 is 0 Å². The van der Waals surface area contributed by atoms with Gasteiger partial charge < -0.3 is 9.84 Å². The van der Waals surface area contributed by atoms with E-state index in [1.165, 1.54) is 0 Å². The van der Waals surface area contributed by atoms with Crippen molar-refractivity contribution in [3.63, 3.8) is 0 Å². The van der Waals surface area contributed by atoms with Crippen molar-refractivity contribution in [3.05, 3.63) is 90.0 Å². The maximum absolute atomic E-state index is 10.2. The van der Waals surface area contributed by atoms with Crippen LogP contribution in [0.25, 0.3) is 0 Å². The molecule has 3 aromatic carbocycles. The molecular formula is C22H22N2O2. The minimum atomic E-state index is 0.146. The molecule has 26 heavy (non-hydrogen) atoms. The van der Waals surface area contributed by atoms with Gasteiger partial charge in [-0.1, -0.05) is 48.5 Å². The van der Waals surface area contributed by atoms with Gasteiger partial charge in [0.2, 0.25) is 0 Å². The maximum atomic E-state index is 10.2. The SMILES string of the molecule is CCOc1ccc(/C=N/N(Cc2ccccc2)c2ccccc2)c(O)c1. The molecule has 4 heteroatoms. The fourth-order valence-electron chi connectivity index (χ4n) is 2.58. The first-order valence-electron chi connectivity index (χ1n) is 8.62. The summed E-state index contributed by atoms with van der Waals surface area (Å²) in [5.41, 5.74) is 2.78. The second-order valence-electron chi connectivity index (χ2n) is 5.78. The van der Waals surface area contributed by atoms with Crippen LogP contribution < -0.4 is 9.75 Å². The Hall–Kier alpha value is -3.27. The molecule has 0 spiro atoms. The maximum Gasteiger partial charge on any atom is 0.128 e. The molecule has 0 aliphatic rings. The highest BCUT2D eigenvalue weighted by Crippen LogP contribution is 2.23. The molecule has 0 aromatic heterocycles. The van der Waals surface area contributed by atoms with Gasteiger partial charge in [0.25, 0.3) is 0 Å². The fourth-order valence-corrected chi connectivity index (χ4v) is 2.58. The zero-order valence-corrected chi connectivity index (χ0v) is 14.7. The third-order valence-corrected chi connectivity index (χ3v) is 3.88. The zero-order chi connectivity index (χ0) is 18.2. The van der Waals surface area contributed by atoms with Crippen LogP contribution in [-0.4, -0.2) is 17.9 Å². The molecule has 0 saturated carbocycles. The highest BCUT2D eigenvalue weighted by Gasteiger charge is 2.06. The van der Waals surface area contributed by atoms with Crippen LogP contribution in [0.3, 0.4) is 0 Å². The van der Waals surface area contributed by atoms with E-state index in [4.69, 9.17) is 4.74 Å². The molecule has 0 heterocycles. The Kier molecular flexibility index (Phi) is 5.88. The second kappa shape index (κ2) is 8.72. The minimum absolute atomic E-state index is 0.146. The molecule has 132 valence electrons. The molecular weight excluding hydrogens is 324 g/mol. The number of nitrogens with zero attached hydrogens (tertiary/aromatic N) is 2. The molecule has 0 atom stereocenters. The lowest BCUT2D eigenvalue weighted by Crippen LogP contribution is -2.16. The van der Waals surface area contributed by atoms with E-state index in [9.17, 15) is 5.11 Å². The number of benzene rings is 3. The third kappa shape index (κ3) is 4.63. The van der Waals surface area contributed by atoms with Gasteiger partial charge in [0, 0.05) is 11.6 Å². The molecule has 0 aliphatic carbocycles. The molecule has 0 saturated heterocycles. The Morgan fingerprint density at radius 3 is 2.31 bits per heavy atom. The first kappa shape index (κ1) is 17.5. The number of hydrazone groups is 1. The van der Waals surface area contributed by atoms with Crippen molar-refractivity contribution in [3.8, 4) is 11.5 Å². The summed E-state index contributed by atoms with van der Waals surface area (Å²) in [6, 6.07) is 25.4. The minimum Gasteiger partial charge on any atom is -0.507 e. The quantitative estimate of drug-likeness (QED) is 0.492. The molecule has 0 amide bonds. The molecule has 4 nitrogen and oxygen atoms in total. The lowest BCUT2D eigenvalue weighted by Gasteiger charge is -2.19. The van der Waals surface area contributed by atoms with E-state index >= 15 is 0 Å². The van der Waals surface area contributed by atoms with E-state index in [1.54, 1.807) is 18.3 Å². The number of rotatable bonds is 7. The second-order valence-corrected chi connectivity index (χ2v) is 5.78. The van der Waals surface area contributed by atoms with Crippen molar-refractivity contribution >= 4 is 11.9 Å². The van der Waals surface area contributed by atoms with Crippen LogP contribution in [0.1, 0.15) is 18.1 Å². The van der Waals surface area contributed by atoms with Crippen LogP contribution in [0, 0.1) is 0 Å². The summed E-state index contributed by atoms with van der Waals surface area (Å²) in [7, 11) is 0. The van der Waals surface area contributed by atoms with Gasteiger partial charge in [-0.15, -0.1) is 0 Å². The van der Waals surface area contributed by atoms with E-state index in [0.29, 0.717) is 24.5 Å². The highest BCUT2D eigenvalue weighted by atomic mass is 16.5. The van der Waals surface area contributed by atoms with Crippen LogP contribution in [0.4, 0.5) is 5.69 Å². The van der Waals surface area contributed by atoms with E-state index in [2.05, 4.69) is 17.2 Å². The summed E-state index contributed by atoms with van der Waals surface area (Å²) < 4.78 is 5.40. The average molecular weight is 346 g/mol. The Labute approximate surface area is 154 Å². The predicted octanol–water partition coefficient (Wildman–Crippen LogP) is 4.83. The molecule has 0 aliphatic heterocycles. The highest BCUT2D eigenvalue weighted by molar-refractivity contribution is 5.84. The van der Waals surface area contributed by atoms with Crippen molar-refractivity contribution in [1.29, 1.82) is 0 Å². The van der Waals surface area contributed by atoms with Gasteiger partial charge in [-0.05, 0) is 36.8 Å². The topological polar surface area (TPSA) is 45.1 Å². The number of aromatic hydroxyl groups is 1. The van der Waals surface area contributed by atoms with Crippen LogP contribution in [0.5, 0.6) is 11.5 Å². The van der Waals surface area contributed by atoms with E-state index in [-0.39, 0.29) is 5.75 Å². The standard InChI is InChI=1S/C22H22N2O2/c1-2-26-21-14-13-19(22(25)15-21)16-23-24(20-11-7-4-8-12-20)17-18-9-5-3-6-10-18/h3-16,25H,2,17H2,1H3/b23-16+. The van der Waals surface area contributed by atoms with Crippen LogP contribution >= 0.6 is 0 Å². The lowest BCUT2D eigenvalue weighted by atomic mass is 10.2. The van der Waals surface area contributed by atoms with Gasteiger partial charge in [-0.25, -0.2) is 0 Å². The number of ether oxygens (including phenoxy) is 1. The summed E-state index contributed by atoms with van der Waals surface area (Å²) in [5.74, 6) is 0.791. The summed E-state index contributed by atoms with van der Waals surface area (Å²) in [5, 5.41) is 16.7. The van der Waals surface area contributed by atoms with Crippen molar-refractivity contribution in [1.82, 2.24) is 0 Å². The smallest absolute Gasteiger partial charge is 0.128 e. The fraction of sp³-hybridized carbons (Fsp3) is 0.136. The van der Waals surface area contributed by atoms with Crippen LogP contribution in [0.2, 0.25) is 0 Å². The van der Waals surface area contributed by atoms with Gasteiger partial charge in [0.15, 0.2) is 0 Å². The predicted molar refractivity (Wildman–Crippen MR) is 106 cm³/mol. The molecule has 1 N–H and O–H groups in total. The Balaban J connectivity index is 1.84. The average Bonchev–Trinajstić information content (AvgIpc) is 2.68. The number of phenols is 1. The molecule has 0 bridgehead atoms. The van der Waals surface area contributed by atoms with Crippen LogP contribution in [0.15, 0.2) is 84.0 Å².